The number of fused-ring (bicyclic) bond motifs is 1. The second-order valence-electron chi connectivity index (χ2n) is 4.84. The predicted molar refractivity (Wildman–Crippen MR) is 88.5 cm³/mol. The van der Waals surface area contributed by atoms with Crippen LogP contribution in [0.4, 0.5) is 0 Å². The number of rotatable bonds is 2. The number of hydrogen-bond acceptors (Lipinski definition) is 1. The zero-order valence-electron chi connectivity index (χ0n) is 11.0. The molecule has 0 amide bonds. The smallest absolute Gasteiger partial charge is 0.0661 e. The van der Waals surface area contributed by atoms with Crippen molar-refractivity contribution in [1.82, 2.24) is 0 Å². The van der Waals surface area contributed by atoms with Crippen LogP contribution in [-0.4, -0.2) is 0 Å². The second-order valence-corrected chi connectivity index (χ2v) is 6.67. The molecule has 2 aromatic carbocycles. The van der Waals surface area contributed by atoms with Crippen molar-refractivity contribution in [3.8, 4) is 0 Å². The van der Waals surface area contributed by atoms with E-state index in [1.165, 1.54) is 32.3 Å². The molecule has 19 heavy (non-hydrogen) atoms. The first kappa shape index (κ1) is 12.9. The molecular formula is C17H15BrS. The Kier molecular flexibility index (Phi) is 3.46. The van der Waals surface area contributed by atoms with Crippen LogP contribution >= 0.6 is 27.3 Å². The van der Waals surface area contributed by atoms with E-state index in [-0.39, 0.29) is 4.83 Å². The number of alkyl halides is 1. The molecule has 1 heterocycles. The maximum absolute atomic E-state index is 3.89. The third kappa shape index (κ3) is 2.24. The number of aryl methyl sites for hydroxylation is 1. The Hall–Kier alpha value is -1.12. The SMILES string of the molecule is Cc1cccc(C(Br)c2csc3ccccc23)c1C. The van der Waals surface area contributed by atoms with E-state index >= 15 is 0 Å². The van der Waals surface area contributed by atoms with E-state index in [2.05, 4.69) is 77.6 Å². The van der Waals surface area contributed by atoms with E-state index in [1.807, 2.05) is 11.3 Å². The van der Waals surface area contributed by atoms with E-state index in [9.17, 15) is 0 Å². The molecule has 0 nitrogen and oxygen atoms in total. The summed E-state index contributed by atoms with van der Waals surface area (Å²) in [6.07, 6.45) is 0. The molecule has 0 aliphatic carbocycles. The first-order valence-electron chi connectivity index (χ1n) is 6.35. The summed E-state index contributed by atoms with van der Waals surface area (Å²) >= 11 is 5.70. The summed E-state index contributed by atoms with van der Waals surface area (Å²) in [5.74, 6) is 0. The molecular weight excluding hydrogens is 316 g/mol. The molecule has 1 atom stereocenters. The van der Waals surface area contributed by atoms with Gasteiger partial charge in [0.15, 0.2) is 0 Å². The Morgan fingerprint density at radius 2 is 1.74 bits per heavy atom. The molecule has 0 saturated heterocycles. The lowest BCUT2D eigenvalue weighted by Crippen LogP contribution is -1.96. The van der Waals surface area contributed by atoms with Crippen LogP contribution < -0.4 is 0 Å². The zero-order chi connectivity index (χ0) is 13.4. The summed E-state index contributed by atoms with van der Waals surface area (Å²) in [7, 11) is 0. The van der Waals surface area contributed by atoms with Gasteiger partial charge in [0.2, 0.25) is 0 Å². The van der Waals surface area contributed by atoms with Crippen LogP contribution in [-0.2, 0) is 0 Å². The highest BCUT2D eigenvalue weighted by Crippen LogP contribution is 2.39. The number of thiophene rings is 1. The molecule has 0 N–H and O–H groups in total. The van der Waals surface area contributed by atoms with Gasteiger partial charge in [-0.3, -0.25) is 0 Å². The minimum atomic E-state index is 0.267. The van der Waals surface area contributed by atoms with Crippen molar-refractivity contribution < 1.29 is 0 Å². The Labute approximate surface area is 126 Å². The molecule has 0 bridgehead atoms. The highest BCUT2D eigenvalue weighted by atomic mass is 79.9. The Morgan fingerprint density at radius 3 is 2.58 bits per heavy atom. The maximum atomic E-state index is 3.89. The maximum Gasteiger partial charge on any atom is 0.0661 e. The van der Waals surface area contributed by atoms with Crippen LogP contribution in [0.5, 0.6) is 0 Å². The van der Waals surface area contributed by atoms with Crippen LogP contribution in [0.3, 0.4) is 0 Å². The first-order valence-corrected chi connectivity index (χ1v) is 8.14. The average molecular weight is 331 g/mol. The van der Waals surface area contributed by atoms with Gasteiger partial charge in [-0.2, -0.15) is 0 Å². The van der Waals surface area contributed by atoms with E-state index in [0.717, 1.165) is 0 Å². The highest BCUT2D eigenvalue weighted by molar-refractivity contribution is 9.09. The molecule has 0 aliphatic rings. The predicted octanol–water partition coefficient (Wildman–Crippen LogP) is 6.00. The largest absolute Gasteiger partial charge is 0.143 e. The number of halogens is 1. The molecule has 0 fully saturated rings. The third-order valence-corrected chi connectivity index (χ3v) is 5.67. The van der Waals surface area contributed by atoms with Gasteiger partial charge in [0.1, 0.15) is 0 Å². The van der Waals surface area contributed by atoms with Gasteiger partial charge in [-0.05, 0) is 52.9 Å². The minimum absolute atomic E-state index is 0.267. The van der Waals surface area contributed by atoms with Gasteiger partial charge in [0.05, 0.1) is 4.83 Å². The number of hydrogen-bond donors (Lipinski definition) is 0. The molecule has 0 spiro atoms. The van der Waals surface area contributed by atoms with Crippen LogP contribution in [0.2, 0.25) is 0 Å². The van der Waals surface area contributed by atoms with Gasteiger partial charge in [0.25, 0.3) is 0 Å². The Morgan fingerprint density at radius 1 is 0.947 bits per heavy atom. The molecule has 0 saturated carbocycles. The summed E-state index contributed by atoms with van der Waals surface area (Å²) in [4.78, 5) is 0.267. The summed E-state index contributed by atoms with van der Waals surface area (Å²) in [6, 6.07) is 15.1. The zero-order valence-corrected chi connectivity index (χ0v) is 13.4. The van der Waals surface area contributed by atoms with Crippen LogP contribution in [0, 0.1) is 13.8 Å². The van der Waals surface area contributed by atoms with Crippen molar-refractivity contribution in [2.45, 2.75) is 18.7 Å². The fourth-order valence-corrected chi connectivity index (χ4v) is 4.45. The Bertz CT molecular complexity index is 727. The fraction of sp³-hybridized carbons (Fsp3) is 0.176. The van der Waals surface area contributed by atoms with Crippen molar-refractivity contribution in [1.29, 1.82) is 0 Å². The van der Waals surface area contributed by atoms with Crippen molar-refractivity contribution in [2.75, 3.05) is 0 Å². The van der Waals surface area contributed by atoms with Gasteiger partial charge in [-0.25, -0.2) is 0 Å². The lowest BCUT2D eigenvalue weighted by molar-refractivity contribution is 1.14. The van der Waals surface area contributed by atoms with Crippen LogP contribution in [0.15, 0.2) is 47.8 Å². The van der Waals surface area contributed by atoms with Crippen molar-refractivity contribution in [2.24, 2.45) is 0 Å². The first-order chi connectivity index (χ1) is 9.18. The normalized spacial score (nSPS) is 12.8. The van der Waals surface area contributed by atoms with Crippen LogP contribution in [0.1, 0.15) is 27.1 Å². The third-order valence-electron chi connectivity index (χ3n) is 3.70. The highest BCUT2D eigenvalue weighted by Gasteiger charge is 2.17. The summed E-state index contributed by atoms with van der Waals surface area (Å²) in [5, 5.41) is 3.63. The van der Waals surface area contributed by atoms with E-state index < -0.39 is 0 Å². The number of benzene rings is 2. The topological polar surface area (TPSA) is 0 Å². The van der Waals surface area contributed by atoms with Crippen molar-refractivity contribution >= 4 is 37.4 Å². The fourth-order valence-electron chi connectivity index (χ4n) is 2.41. The summed E-state index contributed by atoms with van der Waals surface area (Å²) in [6.45, 7) is 4.37. The molecule has 0 radical (unpaired) electrons. The van der Waals surface area contributed by atoms with Crippen LogP contribution in [0.25, 0.3) is 10.1 Å². The lowest BCUT2D eigenvalue weighted by atomic mass is 9.97. The van der Waals surface area contributed by atoms with Crippen molar-refractivity contribution in [3.63, 3.8) is 0 Å². The second kappa shape index (κ2) is 5.10. The molecule has 1 unspecified atom stereocenters. The molecule has 0 aliphatic heterocycles. The van der Waals surface area contributed by atoms with Gasteiger partial charge in [0, 0.05) is 4.70 Å². The van der Waals surface area contributed by atoms with Gasteiger partial charge >= 0.3 is 0 Å². The molecule has 2 heteroatoms. The lowest BCUT2D eigenvalue weighted by Gasteiger charge is -2.14. The van der Waals surface area contributed by atoms with Gasteiger partial charge in [-0.15, -0.1) is 11.3 Å². The summed E-state index contributed by atoms with van der Waals surface area (Å²) < 4.78 is 1.35. The molecule has 1 aromatic heterocycles. The standard InChI is InChI=1S/C17H15BrS/c1-11-6-5-8-13(12(11)2)17(18)15-10-19-16-9-4-3-7-14(15)16/h3-10,17H,1-2H3. The molecule has 3 aromatic rings. The monoisotopic (exact) mass is 330 g/mol. The Balaban J connectivity index is 2.13. The quantitative estimate of drug-likeness (QED) is 0.505. The molecule has 3 rings (SSSR count). The van der Waals surface area contributed by atoms with E-state index in [0.29, 0.717) is 0 Å². The molecule has 96 valence electrons. The minimum Gasteiger partial charge on any atom is -0.143 e. The average Bonchev–Trinajstić information content (AvgIpc) is 2.85. The van der Waals surface area contributed by atoms with Gasteiger partial charge in [-0.1, -0.05) is 52.3 Å². The van der Waals surface area contributed by atoms with Crippen molar-refractivity contribution in [3.05, 3.63) is 70.1 Å². The summed E-state index contributed by atoms with van der Waals surface area (Å²) in [5.41, 5.74) is 5.46. The van der Waals surface area contributed by atoms with E-state index in [1.54, 1.807) is 0 Å². The van der Waals surface area contributed by atoms with E-state index in [4.69, 9.17) is 0 Å². The van der Waals surface area contributed by atoms with Gasteiger partial charge < -0.3 is 0 Å².